The van der Waals surface area contributed by atoms with E-state index < -0.39 is 6.04 Å². The molecule has 1 aromatic rings. The Morgan fingerprint density at radius 2 is 2.42 bits per heavy atom. The number of nitrogens with zero attached hydrogens (tertiary/aromatic N) is 3. The Bertz CT molecular complexity index is 533. The van der Waals surface area contributed by atoms with Crippen molar-refractivity contribution in [2.75, 3.05) is 13.1 Å². The van der Waals surface area contributed by atoms with Gasteiger partial charge in [-0.15, -0.1) is 0 Å². The molecule has 2 heterocycles. The third-order valence-corrected chi connectivity index (χ3v) is 3.09. The Balaban J connectivity index is 2.22. The maximum absolute atomic E-state index is 12.3. The molecule has 1 fully saturated rings. The van der Waals surface area contributed by atoms with E-state index in [0.717, 1.165) is 0 Å². The fraction of sp³-hybridized carbons (Fsp3) is 0.385. The van der Waals surface area contributed by atoms with Crippen molar-refractivity contribution in [3.05, 3.63) is 29.6 Å². The molecule has 0 aromatic carbocycles. The highest BCUT2D eigenvalue weighted by Gasteiger charge is 2.32. The second-order valence-corrected chi connectivity index (χ2v) is 4.26. The summed E-state index contributed by atoms with van der Waals surface area (Å²) in [6.07, 6.45) is 1.92. The van der Waals surface area contributed by atoms with Gasteiger partial charge in [-0.05, 0) is 18.6 Å². The molecule has 6 nitrogen and oxygen atoms in total. The molecule has 1 N–H and O–H groups in total. The van der Waals surface area contributed by atoms with Gasteiger partial charge in [0.25, 0.3) is 5.91 Å². The van der Waals surface area contributed by atoms with E-state index >= 15 is 0 Å². The average Bonchev–Trinajstić information content (AvgIpc) is 2.46. The zero-order chi connectivity index (χ0) is 13.8. The summed E-state index contributed by atoms with van der Waals surface area (Å²) in [5.41, 5.74) is 0.659. The van der Waals surface area contributed by atoms with Crippen molar-refractivity contribution < 1.29 is 9.59 Å². The molecule has 0 aliphatic carbocycles. The van der Waals surface area contributed by atoms with Gasteiger partial charge in [0.15, 0.2) is 0 Å². The molecule has 1 aromatic heterocycles. The highest BCUT2D eigenvalue weighted by molar-refractivity contribution is 5.96. The first-order chi connectivity index (χ1) is 9.17. The topological polar surface area (TPSA) is 86.1 Å². The Kier molecular flexibility index (Phi) is 3.76. The summed E-state index contributed by atoms with van der Waals surface area (Å²) in [5.74, 6) is -0.401. The molecular weight excluding hydrogens is 244 g/mol. The average molecular weight is 258 g/mol. The lowest BCUT2D eigenvalue weighted by molar-refractivity contribution is -0.127. The SMILES string of the molecule is CCC1C(=O)NCCN1C(=O)c1ccc(C#N)cn1. The maximum Gasteiger partial charge on any atom is 0.273 e. The molecule has 1 saturated heterocycles. The standard InChI is InChI=1S/C13H14N4O2/c1-2-11-12(18)15-5-6-17(11)13(19)10-4-3-9(7-14)8-16-10/h3-4,8,11H,2,5-6H2,1H3,(H,15,18). The van der Waals surface area contributed by atoms with Gasteiger partial charge in [0.1, 0.15) is 17.8 Å². The van der Waals surface area contributed by atoms with Crippen LogP contribution in [0.4, 0.5) is 0 Å². The summed E-state index contributed by atoms with van der Waals surface area (Å²) < 4.78 is 0. The van der Waals surface area contributed by atoms with Crippen LogP contribution in [0, 0.1) is 11.3 Å². The van der Waals surface area contributed by atoms with Crippen molar-refractivity contribution in [2.24, 2.45) is 0 Å². The van der Waals surface area contributed by atoms with E-state index in [1.165, 1.54) is 17.2 Å². The summed E-state index contributed by atoms with van der Waals surface area (Å²) in [5, 5.41) is 11.4. The van der Waals surface area contributed by atoms with Gasteiger partial charge >= 0.3 is 0 Å². The molecule has 2 amide bonds. The van der Waals surface area contributed by atoms with Crippen LogP contribution in [0.15, 0.2) is 18.3 Å². The molecule has 0 bridgehead atoms. The molecule has 98 valence electrons. The molecule has 2 rings (SSSR count). The molecule has 1 aliphatic heterocycles. The van der Waals surface area contributed by atoms with Crippen LogP contribution in [0.3, 0.4) is 0 Å². The van der Waals surface area contributed by atoms with Crippen LogP contribution < -0.4 is 5.32 Å². The maximum atomic E-state index is 12.3. The predicted molar refractivity (Wildman–Crippen MR) is 67.1 cm³/mol. The monoisotopic (exact) mass is 258 g/mol. The Morgan fingerprint density at radius 1 is 1.63 bits per heavy atom. The molecule has 1 aliphatic rings. The molecule has 0 radical (unpaired) electrons. The smallest absolute Gasteiger partial charge is 0.273 e. The minimum atomic E-state index is -0.446. The lowest BCUT2D eigenvalue weighted by Crippen LogP contribution is -2.57. The van der Waals surface area contributed by atoms with E-state index in [9.17, 15) is 9.59 Å². The van der Waals surface area contributed by atoms with Crippen molar-refractivity contribution in [1.29, 1.82) is 5.26 Å². The van der Waals surface area contributed by atoms with E-state index in [1.54, 1.807) is 6.07 Å². The lowest BCUT2D eigenvalue weighted by atomic mass is 10.1. The van der Waals surface area contributed by atoms with Gasteiger partial charge in [0.2, 0.25) is 5.91 Å². The summed E-state index contributed by atoms with van der Waals surface area (Å²) in [6, 6.07) is 4.56. The van der Waals surface area contributed by atoms with Crippen LogP contribution in [-0.4, -0.2) is 40.8 Å². The Morgan fingerprint density at radius 3 is 3.00 bits per heavy atom. The fourth-order valence-corrected chi connectivity index (χ4v) is 2.10. The number of carbonyl (C=O) groups excluding carboxylic acids is 2. The zero-order valence-electron chi connectivity index (χ0n) is 10.6. The molecule has 0 spiro atoms. The van der Waals surface area contributed by atoms with Gasteiger partial charge in [-0.2, -0.15) is 5.26 Å². The van der Waals surface area contributed by atoms with E-state index in [0.29, 0.717) is 25.1 Å². The van der Waals surface area contributed by atoms with Crippen molar-refractivity contribution >= 4 is 11.8 Å². The van der Waals surface area contributed by atoms with Gasteiger partial charge in [-0.3, -0.25) is 9.59 Å². The first kappa shape index (κ1) is 13.0. The molecular formula is C13H14N4O2. The number of piperazine rings is 1. The number of nitriles is 1. The first-order valence-corrected chi connectivity index (χ1v) is 6.12. The Labute approximate surface area is 111 Å². The van der Waals surface area contributed by atoms with Gasteiger partial charge < -0.3 is 10.2 Å². The van der Waals surface area contributed by atoms with Gasteiger partial charge in [-0.25, -0.2) is 4.98 Å². The second kappa shape index (κ2) is 5.48. The summed E-state index contributed by atoms with van der Waals surface area (Å²) in [7, 11) is 0. The van der Waals surface area contributed by atoms with Crippen molar-refractivity contribution in [3.8, 4) is 6.07 Å². The van der Waals surface area contributed by atoms with Gasteiger partial charge in [0, 0.05) is 19.3 Å². The highest BCUT2D eigenvalue weighted by atomic mass is 16.2. The third-order valence-electron chi connectivity index (χ3n) is 3.09. The van der Waals surface area contributed by atoms with Gasteiger partial charge in [0.05, 0.1) is 5.56 Å². The number of pyridine rings is 1. The first-order valence-electron chi connectivity index (χ1n) is 6.12. The lowest BCUT2D eigenvalue weighted by Gasteiger charge is -2.34. The minimum Gasteiger partial charge on any atom is -0.353 e. The number of rotatable bonds is 2. The number of aromatic nitrogens is 1. The number of hydrogen-bond donors (Lipinski definition) is 1. The largest absolute Gasteiger partial charge is 0.353 e. The van der Waals surface area contributed by atoms with Crippen LogP contribution >= 0.6 is 0 Å². The van der Waals surface area contributed by atoms with Crippen LogP contribution in [0.2, 0.25) is 0 Å². The zero-order valence-corrected chi connectivity index (χ0v) is 10.6. The third kappa shape index (κ3) is 2.55. The predicted octanol–water partition coefficient (Wildman–Crippen LogP) is 0.304. The van der Waals surface area contributed by atoms with Crippen molar-refractivity contribution in [3.63, 3.8) is 0 Å². The summed E-state index contributed by atoms with van der Waals surface area (Å²) in [6.45, 7) is 2.80. The van der Waals surface area contributed by atoms with Crippen LogP contribution in [0.1, 0.15) is 29.4 Å². The minimum absolute atomic E-state index is 0.129. The summed E-state index contributed by atoms with van der Waals surface area (Å²) >= 11 is 0. The van der Waals surface area contributed by atoms with E-state index in [-0.39, 0.29) is 17.5 Å². The molecule has 19 heavy (non-hydrogen) atoms. The van der Waals surface area contributed by atoms with Crippen molar-refractivity contribution in [1.82, 2.24) is 15.2 Å². The molecule has 0 saturated carbocycles. The number of carbonyl (C=O) groups is 2. The molecule has 6 heteroatoms. The van der Waals surface area contributed by atoms with E-state index in [1.807, 2.05) is 13.0 Å². The number of nitrogens with one attached hydrogen (secondary N) is 1. The number of amides is 2. The van der Waals surface area contributed by atoms with Crippen LogP contribution in [0.25, 0.3) is 0 Å². The van der Waals surface area contributed by atoms with Crippen molar-refractivity contribution in [2.45, 2.75) is 19.4 Å². The van der Waals surface area contributed by atoms with E-state index in [2.05, 4.69) is 10.3 Å². The quantitative estimate of drug-likeness (QED) is 0.826. The fourth-order valence-electron chi connectivity index (χ4n) is 2.10. The van der Waals surface area contributed by atoms with Crippen LogP contribution in [-0.2, 0) is 4.79 Å². The van der Waals surface area contributed by atoms with Gasteiger partial charge in [-0.1, -0.05) is 6.92 Å². The number of hydrogen-bond acceptors (Lipinski definition) is 4. The highest BCUT2D eigenvalue weighted by Crippen LogP contribution is 2.12. The van der Waals surface area contributed by atoms with Crippen LogP contribution in [0.5, 0.6) is 0 Å². The van der Waals surface area contributed by atoms with E-state index in [4.69, 9.17) is 5.26 Å². The summed E-state index contributed by atoms with van der Waals surface area (Å²) in [4.78, 5) is 29.5. The molecule has 1 atom stereocenters. The second-order valence-electron chi connectivity index (χ2n) is 4.26. The molecule has 1 unspecified atom stereocenters. The normalized spacial score (nSPS) is 18.6. The Hall–Kier alpha value is -2.42.